The first-order valence-electron chi connectivity index (χ1n) is 2.75. The van der Waals surface area contributed by atoms with Crippen LogP contribution < -0.4 is 0 Å². The number of carbonyl (C=O) groups is 1. The third kappa shape index (κ3) is 3.12. The van der Waals surface area contributed by atoms with Crippen LogP contribution >= 0.6 is 22.6 Å². The molecule has 0 aliphatic carbocycles. The molecule has 0 amide bonds. The lowest BCUT2D eigenvalue weighted by atomic mass is 10.2. The highest BCUT2D eigenvalue weighted by atomic mass is 127. The number of aliphatic hydroxyl groups excluding tert-OH is 1. The average Bonchev–Trinajstić information content (AvgIpc) is 1.81. The lowest BCUT2D eigenvalue weighted by Gasteiger charge is -2.02. The summed E-state index contributed by atoms with van der Waals surface area (Å²) in [4.78, 5) is 10.7. The van der Waals surface area contributed by atoms with Crippen LogP contribution in [0.5, 0.6) is 0 Å². The fraction of sp³-hybridized carbons (Fsp3) is 0.286. The molecule has 1 N–H and O–H groups in total. The fourth-order valence-corrected chi connectivity index (χ4v) is 1.14. The summed E-state index contributed by atoms with van der Waals surface area (Å²) in [6.45, 7) is 4.84. The molecule has 0 fully saturated rings. The van der Waals surface area contributed by atoms with E-state index in [-0.39, 0.29) is 5.78 Å². The van der Waals surface area contributed by atoms with Crippen LogP contribution in [0.3, 0.4) is 0 Å². The monoisotopic (exact) mass is 252 g/mol. The van der Waals surface area contributed by atoms with Crippen molar-refractivity contribution in [2.24, 2.45) is 0 Å². The van der Waals surface area contributed by atoms with Gasteiger partial charge in [-0.1, -0.05) is 18.7 Å². The van der Waals surface area contributed by atoms with Crippen molar-refractivity contribution in [1.29, 1.82) is 0 Å². The van der Waals surface area contributed by atoms with Gasteiger partial charge in [0.1, 0.15) is 4.11 Å². The topological polar surface area (TPSA) is 37.3 Å². The summed E-state index contributed by atoms with van der Waals surface area (Å²) in [5.41, 5.74) is 0.385. The molecular weight excluding hydrogens is 243 g/mol. The third-order valence-electron chi connectivity index (χ3n) is 0.961. The molecule has 1 atom stereocenters. The van der Waals surface area contributed by atoms with Gasteiger partial charge in [0, 0.05) is 5.57 Å². The van der Waals surface area contributed by atoms with Crippen LogP contribution in [0.25, 0.3) is 0 Å². The summed E-state index contributed by atoms with van der Waals surface area (Å²) in [6.07, 6.45) is 3.00. The molecule has 0 bridgehead atoms. The SMILES string of the molecule is C=C/C=C(/C(C)=O)[C@H](O)I. The number of rotatable bonds is 3. The first-order chi connectivity index (χ1) is 4.59. The molecule has 0 unspecified atom stereocenters. The van der Waals surface area contributed by atoms with Crippen molar-refractivity contribution in [3.8, 4) is 0 Å². The molecule has 0 heterocycles. The summed E-state index contributed by atoms with van der Waals surface area (Å²) in [5, 5.41) is 8.96. The Kier molecular flexibility index (Phi) is 4.55. The van der Waals surface area contributed by atoms with E-state index < -0.39 is 4.11 Å². The van der Waals surface area contributed by atoms with Gasteiger partial charge in [-0.25, -0.2) is 0 Å². The van der Waals surface area contributed by atoms with Gasteiger partial charge in [0.15, 0.2) is 5.78 Å². The molecule has 2 nitrogen and oxygen atoms in total. The van der Waals surface area contributed by atoms with Crippen molar-refractivity contribution in [2.75, 3.05) is 0 Å². The lowest BCUT2D eigenvalue weighted by molar-refractivity contribution is -0.114. The number of halogens is 1. The summed E-state index contributed by atoms with van der Waals surface area (Å²) in [6, 6.07) is 0. The lowest BCUT2D eigenvalue weighted by Crippen LogP contribution is -2.08. The molecule has 3 heteroatoms. The van der Waals surface area contributed by atoms with Crippen molar-refractivity contribution in [3.05, 3.63) is 24.3 Å². The molecule has 0 aliphatic heterocycles. The molecule has 56 valence electrons. The van der Waals surface area contributed by atoms with Crippen LogP contribution in [0.1, 0.15) is 6.92 Å². The van der Waals surface area contributed by atoms with Crippen molar-refractivity contribution in [3.63, 3.8) is 0 Å². The van der Waals surface area contributed by atoms with E-state index in [0.29, 0.717) is 5.57 Å². The standard InChI is InChI=1S/C7H9IO2/c1-3-4-6(5(2)9)7(8)10/h3-4,7,10H,1H2,2H3/b6-4-/t7-/m0/s1. The Labute approximate surface area is 73.8 Å². The molecule has 0 saturated carbocycles. The summed E-state index contributed by atoms with van der Waals surface area (Å²) in [5.74, 6) is -0.123. The molecule has 0 aliphatic rings. The van der Waals surface area contributed by atoms with Crippen LogP contribution in [-0.2, 0) is 4.79 Å². The Morgan fingerprint density at radius 1 is 1.80 bits per heavy atom. The van der Waals surface area contributed by atoms with E-state index >= 15 is 0 Å². The molecule has 0 aromatic rings. The van der Waals surface area contributed by atoms with E-state index in [1.165, 1.54) is 19.1 Å². The minimum absolute atomic E-state index is 0.123. The van der Waals surface area contributed by atoms with Gasteiger partial charge in [0.2, 0.25) is 0 Å². The summed E-state index contributed by atoms with van der Waals surface area (Å²) in [7, 11) is 0. The maximum atomic E-state index is 10.7. The highest BCUT2D eigenvalue weighted by Gasteiger charge is 2.09. The molecule has 0 aromatic carbocycles. The summed E-state index contributed by atoms with van der Waals surface area (Å²) < 4.78 is -0.729. The van der Waals surface area contributed by atoms with E-state index in [1.807, 2.05) is 0 Å². The number of hydrogen-bond acceptors (Lipinski definition) is 2. The highest BCUT2D eigenvalue weighted by molar-refractivity contribution is 14.1. The highest BCUT2D eigenvalue weighted by Crippen LogP contribution is 2.10. The zero-order chi connectivity index (χ0) is 8.15. The number of carbonyl (C=O) groups excluding carboxylic acids is 1. The second kappa shape index (κ2) is 4.62. The average molecular weight is 252 g/mol. The Bertz CT molecular complexity index is 170. The zero-order valence-corrected chi connectivity index (χ0v) is 7.83. The minimum atomic E-state index is -0.729. The number of allylic oxidation sites excluding steroid dienone is 2. The van der Waals surface area contributed by atoms with Crippen molar-refractivity contribution >= 4 is 28.4 Å². The molecule has 0 spiro atoms. The number of Topliss-reactive ketones (excluding diaryl/α,β-unsaturated/α-hetero) is 1. The van der Waals surface area contributed by atoms with Gasteiger partial charge in [-0.3, -0.25) is 4.79 Å². The molecule has 0 aromatic heterocycles. The first-order valence-corrected chi connectivity index (χ1v) is 4.00. The molecular formula is C7H9IO2. The van der Waals surface area contributed by atoms with Crippen molar-refractivity contribution < 1.29 is 9.90 Å². The van der Waals surface area contributed by atoms with Gasteiger partial charge in [-0.15, -0.1) is 0 Å². The molecule has 0 radical (unpaired) electrons. The minimum Gasteiger partial charge on any atom is -0.378 e. The first kappa shape index (κ1) is 9.84. The van der Waals surface area contributed by atoms with Gasteiger partial charge in [-0.2, -0.15) is 0 Å². The summed E-state index contributed by atoms with van der Waals surface area (Å²) >= 11 is 1.76. The molecule has 0 saturated heterocycles. The molecule has 10 heavy (non-hydrogen) atoms. The molecule has 0 rings (SSSR count). The number of hydrogen-bond donors (Lipinski definition) is 1. The smallest absolute Gasteiger partial charge is 0.159 e. The van der Waals surface area contributed by atoms with Gasteiger partial charge in [0.25, 0.3) is 0 Å². The van der Waals surface area contributed by atoms with Gasteiger partial charge >= 0.3 is 0 Å². The maximum absolute atomic E-state index is 10.7. The van der Waals surface area contributed by atoms with E-state index in [9.17, 15) is 4.79 Å². The van der Waals surface area contributed by atoms with E-state index in [4.69, 9.17) is 5.11 Å². The van der Waals surface area contributed by atoms with E-state index in [1.54, 1.807) is 22.6 Å². The Morgan fingerprint density at radius 3 is 2.40 bits per heavy atom. The van der Waals surface area contributed by atoms with Crippen molar-refractivity contribution in [1.82, 2.24) is 0 Å². The van der Waals surface area contributed by atoms with Crippen LogP contribution in [-0.4, -0.2) is 15.0 Å². The van der Waals surface area contributed by atoms with Gasteiger partial charge in [0.05, 0.1) is 0 Å². The second-order valence-corrected chi connectivity index (χ2v) is 2.93. The third-order valence-corrected chi connectivity index (χ3v) is 1.63. The second-order valence-electron chi connectivity index (χ2n) is 1.75. The van der Waals surface area contributed by atoms with E-state index in [2.05, 4.69) is 6.58 Å². The van der Waals surface area contributed by atoms with Crippen LogP contribution in [0.4, 0.5) is 0 Å². The number of aliphatic hydroxyl groups is 1. The fourth-order valence-electron chi connectivity index (χ4n) is 0.491. The number of ketones is 1. The normalized spacial score (nSPS) is 14.5. The van der Waals surface area contributed by atoms with Gasteiger partial charge < -0.3 is 5.11 Å². The largest absolute Gasteiger partial charge is 0.378 e. The Morgan fingerprint density at radius 2 is 2.30 bits per heavy atom. The predicted molar refractivity (Wildman–Crippen MR) is 49.0 cm³/mol. The Hall–Kier alpha value is -0.160. The Balaban J connectivity index is 4.41. The zero-order valence-electron chi connectivity index (χ0n) is 5.67. The number of alkyl halides is 1. The van der Waals surface area contributed by atoms with E-state index in [0.717, 1.165) is 0 Å². The van der Waals surface area contributed by atoms with Crippen LogP contribution in [0.2, 0.25) is 0 Å². The van der Waals surface area contributed by atoms with Crippen LogP contribution in [0.15, 0.2) is 24.3 Å². The van der Waals surface area contributed by atoms with Gasteiger partial charge in [-0.05, 0) is 29.5 Å². The maximum Gasteiger partial charge on any atom is 0.159 e. The van der Waals surface area contributed by atoms with Crippen molar-refractivity contribution in [2.45, 2.75) is 11.0 Å². The quantitative estimate of drug-likeness (QED) is 0.357. The van der Waals surface area contributed by atoms with Crippen LogP contribution in [0, 0.1) is 0 Å². The predicted octanol–water partition coefficient (Wildman–Crippen LogP) is 1.44.